The Hall–Kier alpha value is -1.46. The normalized spacial score (nSPS) is 10.4. The number of nitrogens with zero attached hydrogens (tertiary/aromatic N) is 1. The first-order valence-corrected chi connectivity index (χ1v) is 8.52. The molecule has 0 unspecified atom stereocenters. The molecule has 0 atom stereocenters. The van der Waals surface area contributed by atoms with Gasteiger partial charge in [-0.1, -0.05) is 64.7 Å². The fourth-order valence-electron chi connectivity index (χ4n) is 2.39. The molecular formula is C16H32N2O4. The minimum Gasteiger partial charge on any atom is -0.465 e. The van der Waals surface area contributed by atoms with Crippen LogP contribution in [0.5, 0.6) is 0 Å². The van der Waals surface area contributed by atoms with E-state index < -0.39 is 12.2 Å². The van der Waals surface area contributed by atoms with Crippen LogP contribution in [-0.4, -0.2) is 46.9 Å². The van der Waals surface area contributed by atoms with Crippen LogP contribution in [-0.2, 0) is 0 Å². The third-order valence-corrected chi connectivity index (χ3v) is 3.71. The molecule has 3 N–H and O–H groups in total. The van der Waals surface area contributed by atoms with E-state index in [2.05, 4.69) is 12.2 Å². The fraction of sp³-hybridized carbons (Fsp3) is 0.875. The molecule has 0 bridgehead atoms. The molecule has 0 rings (SSSR count). The van der Waals surface area contributed by atoms with Crippen molar-refractivity contribution in [3.8, 4) is 0 Å². The zero-order valence-corrected chi connectivity index (χ0v) is 13.9. The van der Waals surface area contributed by atoms with Gasteiger partial charge in [0, 0.05) is 19.6 Å². The van der Waals surface area contributed by atoms with Crippen LogP contribution >= 0.6 is 0 Å². The highest BCUT2D eigenvalue weighted by molar-refractivity contribution is 5.66. The minimum absolute atomic E-state index is 0.138. The average Bonchev–Trinajstić information content (AvgIpc) is 2.46. The van der Waals surface area contributed by atoms with Gasteiger partial charge in [0.05, 0.1) is 0 Å². The number of hydrogen-bond donors (Lipinski definition) is 3. The van der Waals surface area contributed by atoms with E-state index in [9.17, 15) is 9.59 Å². The Bertz CT molecular complexity index is 298. The van der Waals surface area contributed by atoms with E-state index in [1.165, 1.54) is 49.8 Å². The van der Waals surface area contributed by atoms with E-state index in [0.29, 0.717) is 6.54 Å². The Kier molecular flexibility index (Phi) is 13.5. The zero-order chi connectivity index (χ0) is 16.6. The van der Waals surface area contributed by atoms with Gasteiger partial charge < -0.3 is 20.4 Å². The molecule has 0 saturated heterocycles. The SMILES string of the molecule is CCCCCCCCCCCCN(CCNC(=O)O)C(=O)O. The monoisotopic (exact) mass is 316 g/mol. The average molecular weight is 316 g/mol. The predicted octanol–water partition coefficient (Wildman–Crippen LogP) is 4.15. The molecule has 0 aromatic rings. The molecule has 0 aliphatic rings. The van der Waals surface area contributed by atoms with Gasteiger partial charge in [0.2, 0.25) is 0 Å². The Labute approximate surface area is 133 Å². The van der Waals surface area contributed by atoms with E-state index in [1.807, 2.05) is 0 Å². The second-order valence-electron chi connectivity index (χ2n) is 5.68. The van der Waals surface area contributed by atoms with Crippen molar-refractivity contribution in [2.24, 2.45) is 0 Å². The lowest BCUT2D eigenvalue weighted by Crippen LogP contribution is -2.38. The lowest BCUT2D eigenvalue weighted by atomic mass is 10.1. The Morgan fingerprint density at radius 1 is 0.818 bits per heavy atom. The van der Waals surface area contributed by atoms with Crippen molar-refractivity contribution in [3.05, 3.63) is 0 Å². The molecular weight excluding hydrogens is 284 g/mol. The zero-order valence-electron chi connectivity index (χ0n) is 13.9. The molecule has 0 spiro atoms. The highest BCUT2D eigenvalue weighted by atomic mass is 16.4. The van der Waals surface area contributed by atoms with Crippen LogP contribution in [0.15, 0.2) is 0 Å². The summed E-state index contributed by atoms with van der Waals surface area (Å²) < 4.78 is 0. The van der Waals surface area contributed by atoms with Gasteiger partial charge in [-0.15, -0.1) is 0 Å². The van der Waals surface area contributed by atoms with Gasteiger partial charge in [0.15, 0.2) is 0 Å². The number of carbonyl (C=O) groups is 2. The topological polar surface area (TPSA) is 89.9 Å². The van der Waals surface area contributed by atoms with Crippen molar-refractivity contribution < 1.29 is 19.8 Å². The highest BCUT2D eigenvalue weighted by Gasteiger charge is 2.10. The first kappa shape index (κ1) is 20.5. The lowest BCUT2D eigenvalue weighted by molar-refractivity contribution is 0.143. The molecule has 0 aliphatic carbocycles. The molecule has 0 radical (unpaired) electrons. The van der Waals surface area contributed by atoms with Crippen LogP contribution in [0.25, 0.3) is 0 Å². The van der Waals surface area contributed by atoms with Crippen LogP contribution in [0.4, 0.5) is 9.59 Å². The van der Waals surface area contributed by atoms with Crippen molar-refractivity contribution in [2.75, 3.05) is 19.6 Å². The highest BCUT2D eigenvalue weighted by Crippen LogP contribution is 2.10. The van der Waals surface area contributed by atoms with E-state index in [1.54, 1.807) is 0 Å². The maximum Gasteiger partial charge on any atom is 0.407 e. The molecule has 6 nitrogen and oxygen atoms in total. The van der Waals surface area contributed by atoms with E-state index >= 15 is 0 Å². The van der Waals surface area contributed by atoms with E-state index in [4.69, 9.17) is 10.2 Å². The number of amides is 2. The Balaban J connectivity index is 3.48. The summed E-state index contributed by atoms with van der Waals surface area (Å²) in [5.74, 6) is 0. The molecule has 0 aromatic heterocycles. The molecule has 0 heterocycles. The quantitative estimate of drug-likeness (QED) is 0.420. The van der Waals surface area contributed by atoms with Crippen LogP contribution in [0, 0.1) is 0 Å². The summed E-state index contributed by atoms with van der Waals surface area (Å²) in [6.07, 6.45) is 10.0. The van der Waals surface area contributed by atoms with Gasteiger partial charge in [-0.3, -0.25) is 0 Å². The lowest BCUT2D eigenvalue weighted by Gasteiger charge is -2.18. The molecule has 0 fully saturated rings. The van der Waals surface area contributed by atoms with Gasteiger partial charge in [0.25, 0.3) is 0 Å². The van der Waals surface area contributed by atoms with Gasteiger partial charge >= 0.3 is 12.2 Å². The van der Waals surface area contributed by atoms with Crippen molar-refractivity contribution in [2.45, 2.75) is 71.1 Å². The van der Waals surface area contributed by atoms with Gasteiger partial charge in [-0.25, -0.2) is 9.59 Å². The summed E-state index contributed by atoms with van der Waals surface area (Å²) in [6.45, 7) is 3.05. The Morgan fingerprint density at radius 3 is 1.77 bits per heavy atom. The molecule has 0 saturated carbocycles. The minimum atomic E-state index is -1.12. The number of nitrogens with one attached hydrogen (secondary N) is 1. The number of rotatable bonds is 14. The smallest absolute Gasteiger partial charge is 0.407 e. The standard InChI is InChI=1S/C16H32N2O4/c1-2-3-4-5-6-7-8-9-10-11-13-18(16(21)22)14-12-17-15(19)20/h17H,2-14H2,1H3,(H,19,20)(H,21,22). The van der Waals surface area contributed by atoms with Crippen LogP contribution < -0.4 is 5.32 Å². The maximum atomic E-state index is 11.0. The van der Waals surface area contributed by atoms with Gasteiger partial charge in [-0.05, 0) is 6.42 Å². The van der Waals surface area contributed by atoms with Crippen LogP contribution in [0.2, 0.25) is 0 Å². The summed E-state index contributed by atoms with van der Waals surface area (Å²) in [4.78, 5) is 22.6. The predicted molar refractivity (Wildman–Crippen MR) is 87.5 cm³/mol. The van der Waals surface area contributed by atoms with Gasteiger partial charge in [0.1, 0.15) is 0 Å². The van der Waals surface area contributed by atoms with Crippen molar-refractivity contribution >= 4 is 12.2 Å². The summed E-state index contributed by atoms with van der Waals surface area (Å²) in [5.41, 5.74) is 0. The summed E-state index contributed by atoms with van der Waals surface area (Å²) in [7, 11) is 0. The summed E-state index contributed by atoms with van der Waals surface area (Å²) in [5, 5.41) is 19.7. The van der Waals surface area contributed by atoms with Crippen molar-refractivity contribution in [1.82, 2.24) is 10.2 Å². The summed E-state index contributed by atoms with van der Waals surface area (Å²) >= 11 is 0. The number of carboxylic acid groups (broad SMARTS) is 2. The first-order chi connectivity index (χ1) is 10.6. The van der Waals surface area contributed by atoms with Crippen LogP contribution in [0.1, 0.15) is 71.1 Å². The van der Waals surface area contributed by atoms with Crippen molar-refractivity contribution in [1.29, 1.82) is 0 Å². The third-order valence-electron chi connectivity index (χ3n) is 3.71. The molecule has 0 aromatic carbocycles. The third kappa shape index (κ3) is 13.5. The maximum absolute atomic E-state index is 11.0. The van der Waals surface area contributed by atoms with Crippen molar-refractivity contribution in [3.63, 3.8) is 0 Å². The molecule has 22 heavy (non-hydrogen) atoms. The van der Waals surface area contributed by atoms with Crippen LogP contribution in [0.3, 0.4) is 0 Å². The van der Waals surface area contributed by atoms with E-state index in [0.717, 1.165) is 19.3 Å². The molecule has 6 heteroatoms. The second kappa shape index (κ2) is 14.5. The number of unbranched alkanes of at least 4 members (excludes halogenated alkanes) is 9. The first-order valence-electron chi connectivity index (χ1n) is 8.52. The summed E-state index contributed by atoms with van der Waals surface area (Å²) in [6, 6.07) is 0. The molecule has 2 amide bonds. The fourth-order valence-corrected chi connectivity index (χ4v) is 2.39. The number of hydrogen-bond acceptors (Lipinski definition) is 2. The molecule has 130 valence electrons. The Morgan fingerprint density at radius 2 is 1.32 bits per heavy atom. The largest absolute Gasteiger partial charge is 0.465 e. The van der Waals surface area contributed by atoms with E-state index in [-0.39, 0.29) is 13.1 Å². The molecule has 0 aliphatic heterocycles. The van der Waals surface area contributed by atoms with Gasteiger partial charge in [-0.2, -0.15) is 0 Å². The second-order valence-corrected chi connectivity index (χ2v) is 5.68.